The molecular weight excluding hydrogens is 565 g/mol. The lowest BCUT2D eigenvalue weighted by Crippen LogP contribution is -2.46. The van der Waals surface area contributed by atoms with Gasteiger partial charge in [0.05, 0.1) is 4.88 Å². The fourth-order valence-corrected chi connectivity index (χ4v) is 5.82. The Morgan fingerprint density at radius 2 is 1.76 bits per heavy atom. The molecule has 0 atom stereocenters. The Balaban J connectivity index is 1.24. The number of rotatable bonds is 6. The summed E-state index contributed by atoms with van der Waals surface area (Å²) in [5.74, 6) is 0.244. The molecule has 0 aliphatic carbocycles. The number of likely N-dealkylation sites (tertiary alicyclic amines) is 1. The fraction of sp³-hybridized carbons (Fsp3) is 0.333. The molecule has 4 aromatic rings. The zero-order valence-electron chi connectivity index (χ0n) is 23.4. The van der Waals surface area contributed by atoms with Crippen molar-refractivity contribution in [2.45, 2.75) is 51.3 Å². The minimum absolute atomic E-state index is 0.163. The van der Waals surface area contributed by atoms with E-state index in [4.69, 9.17) is 0 Å². The summed E-state index contributed by atoms with van der Waals surface area (Å²) in [7, 11) is 0. The van der Waals surface area contributed by atoms with Crippen LogP contribution in [0, 0.1) is 6.92 Å². The molecule has 5 rings (SSSR count). The quantitative estimate of drug-likeness (QED) is 0.216. The van der Waals surface area contributed by atoms with E-state index in [2.05, 4.69) is 39.4 Å². The lowest BCUT2D eigenvalue weighted by molar-refractivity contribution is -0.141. The van der Waals surface area contributed by atoms with Gasteiger partial charge in [-0.2, -0.15) is 13.2 Å². The number of thiazole rings is 1. The molecule has 0 radical (unpaired) electrons. The molecule has 0 saturated carbocycles. The largest absolute Gasteiger partial charge is 0.433 e. The Kier molecular flexibility index (Phi) is 8.20. The van der Waals surface area contributed by atoms with Gasteiger partial charge in [0, 0.05) is 49.7 Å². The van der Waals surface area contributed by atoms with E-state index in [0.717, 1.165) is 34.0 Å². The second kappa shape index (κ2) is 11.7. The minimum Gasteiger partial charge on any atom is -0.383 e. The van der Waals surface area contributed by atoms with Crippen LogP contribution in [0.4, 0.5) is 35.3 Å². The van der Waals surface area contributed by atoms with Crippen molar-refractivity contribution in [3.8, 4) is 10.4 Å². The van der Waals surface area contributed by atoms with Crippen molar-refractivity contribution in [1.29, 1.82) is 0 Å². The van der Waals surface area contributed by atoms with E-state index in [1.165, 1.54) is 16.9 Å². The third-order valence-corrected chi connectivity index (χ3v) is 8.41. The number of carbonyl (C=O) groups is 1. The molecule has 1 fully saturated rings. The summed E-state index contributed by atoms with van der Waals surface area (Å²) in [4.78, 5) is 27.3. The number of urea groups is 1. The van der Waals surface area contributed by atoms with E-state index in [1.54, 1.807) is 23.2 Å². The predicted octanol–water partition coefficient (Wildman–Crippen LogP) is 7.31. The van der Waals surface area contributed by atoms with Crippen molar-refractivity contribution < 1.29 is 23.1 Å². The second-order valence-corrected chi connectivity index (χ2v) is 11.8. The molecule has 1 aliphatic rings. The number of piperidine rings is 1. The number of nitrogens with zero attached hydrogens (tertiary/aromatic N) is 4. The van der Waals surface area contributed by atoms with Crippen LogP contribution in [0.15, 0.2) is 60.9 Å². The maximum Gasteiger partial charge on any atom is 0.433 e. The first-order valence-corrected chi connectivity index (χ1v) is 14.4. The van der Waals surface area contributed by atoms with Crippen molar-refractivity contribution in [2.24, 2.45) is 0 Å². The first-order valence-electron chi connectivity index (χ1n) is 13.5. The van der Waals surface area contributed by atoms with E-state index in [1.807, 2.05) is 37.3 Å². The molecule has 0 spiro atoms. The Morgan fingerprint density at radius 1 is 1.05 bits per heavy atom. The third kappa shape index (κ3) is 6.71. The fourth-order valence-electron chi connectivity index (χ4n) is 4.77. The summed E-state index contributed by atoms with van der Waals surface area (Å²) in [6, 6.07) is 13.9. The van der Waals surface area contributed by atoms with Gasteiger partial charge in [-0.1, -0.05) is 32.0 Å². The van der Waals surface area contributed by atoms with Gasteiger partial charge in [0.2, 0.25) is 5.95 Å². The average Bonchev–Trinajstić information content (AvgIpc) is 3.45. The number of aromatic nitrogens is 3. The molecule has 2 aromatic carbocycles. The van der Waals surface area contributed by atoms with Crippen LogP contribution in [0.2, 0.25) is 0 Å². The molecule has 12 heteroatoms. The van der Waals surface area contributed by atoms with Crippen LogP contribution in [0.5, 0.6) is 0 Å². The highest BCUT2D eigenvalue weighted by Gasteiger charge is 2.38. The summed E-state index contributed by atoms with van der Waals surface area (Å²) in [5, 5.41) is 17.8. The number of aliphatic hydroxyl groups is 1. The van der Waals surface area contributed by atoms with E-state index < -0.39 is 17.5 Å². The van der Waals surface area contributed by atoms with Gasteiger partial charge in [-0.3, -0.25) is 0 Å². The first kappa shape index (κ1) is 29.5. The number of anilines is 3. The van der Waals surface area contributed by atoms with Crippen LogP contribution in [0.25, 0.3) is 10.4 Å². The molecule has 1 saturated heterocycles. The van der Waals surface area contributed by atoms with Gasteiger partial charge in [0.15, 0.2) is 0 Å². The lowest BCUT2D eigenvalue weighted by atomic mass is 9.92. The molecule has 220 valence electrons. The van der Waals surface area contributed by atoms with Crippen molar-refractivity contribution in [2.75, 3.05) is 23.7 Å². The van der Waals surface area contributed by atoms with Crippen LogP contribution in [-0.2, 0) is 11.8 Å². The van der Waals surface area contributed by atoms with Crippen LogP contribution in [0.1, 0.15) is 54.4 Å². The summed E-state index contributed by atoms with van der Waals surface area (Å²) >= 11 is 1.35. The van der Waals surface area contributed by atoms with Gasteiger partial charge >= 0.3 is 12.2 Å². The minimum atomic E-state index is -4.57. The topological polar surface area (TPSA) is 103 Å². The number of hydrogen-bond donors (Lipinski definition) is 3. The lowest BCUT2D eigenvalue weighted by Gasteiger charge is -2.36. The zero-order valence-corrected chi connectivity index (χ0v) is 24.2. The number of nitrogens with one attached hydrogen (secondary N) is 2. The van der Waals surface area contributed by atoms with E-state index in [0.29, 0.717) is 42.5 Å². The number of amides is 2. The Labute approximate surface area is 245 Å². The van der Waals surface area contributed by atoms with Crippen molar-refractivity contribution >= 4 is 34.7 Å². The van der Waals surface area contributed by atoms with Crippen molar-refractivity contribution in [3.63, 3.8) is 0 Å². The Morgan fingerprint density at radius 3 is 2.43 bits per heavy atom. The van der Waals surface area contributed by atoms with Crippen molar-refractivity contribution in [1.82, 2.24) is 19.9 Å². The Hall–Kier alpha value is -4.03. The van der Waals surface area contributed by atoms with E-state index in [-0.39, 0.29) is 12.0 Å². The molecule has 0 bridgehead atoms. The number of alkyl halides is 3. The highest BCUT2D eigenvalue weighted by molar-refractivity contribution is 7.15. The predicted molar refractivity (Wildman–Crippen MR) is 157 cm³/mol. The highest BCUT2D eigenvalue weighted by Crippen LogP contribution is 2.39. The molecule has 42 heavy (non-hydrogen) atoms. The van der Waals surface area contributed by atoms with Crippen LogP contribution in [-0.4, -0.2) is 44.1 Å². The van der Waals surface area contributed by atoms with E-state index in [9.17, 15) is 23.1 Å². The third-order valence-electron chi connectivity index (χ3n) is 7.17. The maximum absolute atomic E-state index is 13.1. The van der Waals surface area contributed by atoms with Crippen LogP contribution in [0.3, 0.4) is 0 Å². The van der Waals surface area contributed by atoms with Gasteiger partial charge in [-0.05, 0) is 59.9 Å². The molecule has 8 nitrogen and oxygen atoms in total. The molecule has 2 aromatic heterocycles. The molecule has 3 N–H and O–H groups in total. The molecule has 1 aliphatic heterocycles. The second-order valence-electron chi connectivity index (χ2n) is 10.7. The summed E-state index contributed by atoms with van der Waals surface area (Å²) in [6.45, 7) is 6.84. The number of aryl methyl sites for hydroxylation is 1. The number of carbonyl (C=O) groups excluding carboxylic acids is 1. The normalized spacial score (nSPS) is 15.1. The number of halogens is 3. The van der Waals surface area contributed by atoms with Crippen LogP contribution < -0.4 is 10.6 Å². The van der Waals surface area contributed by atoms with Gasteiger partial charge in [0.25, 0.3) is 0 Å². The SMILES string of the molecule is Cc1cc(Nc2nccc(C(F)(F)F)n2)cc(-c2cnc(C3(O)CCN(C(=O)Nc4ccc(C(C)C)cc4)CC3)s2)c1. The molecule has 2 amide bonds. The molecule has 0 unspecified atom stereocenters. The average molecular weight is 597 g/mol. The van der Waals surface area contributed by atoms with Gasteiger partial charge in [-0.25, -0.2) is 19.7 Å². The smallest absolute Gasteiger partial charge is 0.383 e. The number of hydrogen-bond acceptors (Lipinski definition) is 7. The van der Waals surface area contributed by atoms with Gasteiger partial charge < -0.3 is 20.6 Å². The van der Waals surface area contributed by atoms with E-state index >= 15 is 0 Å². The monoisotopic (exact) mass is 596 g/mol. The molecule has 3 heterocycles. The first-order chi connectivity index (χ1) is 19.9. The standard InChI is InChI=1S/C30H31F3N6O2S/c1-18(2)20-4-6-22(7-5-20)37-28(40)39-12-9-29(41,10-13-39)26-35-17-24(42-26)21-14-19(3)15-23(16-21)36-27-34-11-8-25(38-27)30(31,32)33/h4-8,11,14-18,41H,9-10,12-13H2,1-3H3,(H,37,40)(H,34,36,38). The summed E-state index contributed by atoms with van der Waals surface area (Å²) in [6.07, 6.45) is -1.16. The number of benzene rings is 2. The Bertz CT molecular complexity index is 1560. The summed E-state index contributed by atoms with van der Waals surface area (Å²) < 4.78 is 39.2. The maximum atomic E-state index is 13.1. The van der Waals surface area contributed by atoms with Gasteiger partial charge in [0.1, 0.15) is 16.3 Å². The van der Waals surface area contributed by atoms with Crippen molar-refractivity contribution in [3.05, 3.63) is 82.8 Å². The van der Waals surface area contributed by atoms with Gasteiger partial charge in [-0.15, -0.1) is 11.3 Å². The van der Waals surface area contributed by atoms with Crippen LogP contribution >= 0.6 is 11.3 Å². The zero-order chi connectivity index (χ0) is 30.1. The highest BCUT2D eigenvalue weighted by atomic mass is 32.1. The summed E-state index contributed by atoms with van der Waals surface area (Å²) in [5.41, 5.74) is 1.90. The molecular formula is C30H31F3N6O2S.